The van der Waals surface area contributed by atoms with Crippen molar-refractivity contribution in [2.45, 2.75) is 30.6 Å². The minimum Gasteiger partial charge on any atom is -0.394 e. The van der Waals surface area contributed by atoms with E-state index in [-0.39, 0.29) is 0 Å². The number of hydrogen-bond donors (Lipinski definition) is 5. The lowest BCUT2D eigenvalue weighted by Crippen LogP contribution is -2.63. The molecule has 1 heterocycles. The third kappa shape index (κ3) is 2.91. The maximum atomic E-state index is 11.3. The summed E-state index contributed by atoms with van der Waals surface area (Å²) >= 11 is 0. The smallest absolute Gasteiger partial charge is 0.342 e. The lowest BCUT2D eigenvalue weighted by molar-refractivity contribution is -0.233. The molecule has 0 bridgehead atoms. The molecule has 0 spiro atoms. The molecule has 1 fully saturated rings. The standard InChI is InChI=1S/C8H15N3O7/c1-11(10-17)8(16)9-7-6(15)5(14)4(13)3(2-12)18-7/h3-7,12-15H,2H2,1H3,(H,9,16)/t3-,4+,5+,6-,7-/m0/s1. The van der Waals surface area contributed by atoms with Gasteiger partial charge in [-0.25, -0.2) is 4.79 Å². The lowest BCUT2D eigenvalue weighted by Gasteiger charge is -2.40. The highest BCUT2D eigenvalue weighted by Gasteiger charge is 2.44. The van der Waals surface area contributed by atoms with Crippen molar-refractivity contribution in [2.75, 3.05) is 13.7 Å². The average molecular weight is 265 g/mol. The zero-order valence-corrected chi connectivity index (χ0v) is 9.50. The summed E-state index contributed by atoms with van der Waals surface area (Å²) in [5.41, 5.74) is 0. The van der Waals surface area contributed by atoms with Crippen LogP contribution >= 0.6 is 0 Å². The molecule has 104 valence electrons. The number of nitrogens with one attached hydrogen (secondary N) is 1. The number of carbonyl (C=O) groups is 1. The van der Waals surface area contributed by atoms with Gasteiger partial charge < -0.3 is 30.5 Å². The van der Waals surface area contributed by atoms with E-state index >= 15 is 0 Å². The van der Waals surface area contributed by atoms with Gasteiger partial charge in [0.15, 0.2) is 6.23 Å². The molecule has 2 amide bonds. The molecule has 5 N–H and O–H groups in total. The fourth-order valence-corrected chi connectivity index (χ4v) is 1.47. The van der Waals surface area contributed by atoms with Gasteiger partial charge in [0.05, 0.1) is 11.9 Å². The summed E-state index contributed by atoms with van der Waals surface area (Å²) in [5.74, 6) is 0. The van der Waals surface area contributed by atoms with Crippen molar-refractivity contribution >= 4 is 6.03 Å². The number of nitrogens with zero attached hydrogens (tertiary/aromatic N) is 2. The van der Waals surface area contributed by atoms with E-state index in [2.05, 4.69) is 10.6 Å². The number of carbonyl (C=O) groups excluding carboxylic acids is 1. The van der Waals surface area contributed by atoms with Crippen LogP contribution in [0.25, 0.3) is 0 Å². The maximum absolute atomic E-state index is 11.3. The summed E-state index contributed by atoms with van der Waals surface area (Å²) < 4.78 is 4.98. The molecule has 0 saturated carbocycles. The average Bonchev–Trinajstić information content (AvgIpc) is 2.38. The van der Waals surface area contributed by atoms with Crippen LogP contribution < -0.4 is 5.32 Å². The molecule has 0 aromatic rings. The van der Waals surface area contributed by atoms with E-state index in [9.17, 15) is 25.0 Å². The molecule has 5 atom stereocenters. The molecule has 0 radical (unpaired) electrons. The highest BCUT2D eigenvalue weighted by atomic mass is 16.6. The van der Waals surface area contributed by atoms with Crippen LogP contribution in [0.3, 0.4) is 0 Å². The third-order valence-corrected chi connectivity index (χ3v) is 2.57. The number of amides is 2. The van der Waals surface area contributed by atoms with Gasteiger partial charge in [-0.1, -0.05) is 0 Å². The highest BCUT2D eigenvalue weighted by Crippen LogP contribution is 2.19. The highest BCUT2D eigenvalue weighted by molar-refractivity contribution is 5.73. The van der Waals surface area contributed by atoms with Crippen LogP contribution in [-0.2, 0) is 4.74 Å². The number of hydrogen-bond acceptors (Lipinski definition) is 8. The number of rotatable bonds is 3. The molecule has 0 aromatic carbocycles. The van der Waals surface area contributed by atoms with Crippen molar-refractivity contribution in [2.24, 2.45) is 5.29 Å². The van der Waals surface area contributed by atoms with E-state index in [1.807, 2.05) is 0 Å². The Hall–Kier alpha value is -1.33. The summed E-state index contributed by atoms with van der Waals surface area (Å²) in [4.78, 5) is 21.4. The Labute approximate surface area is 102 Å². The molecule has 1 aliphatic rings. The second-order valence-electron chi connectivity index (χ2n) is 3.80. The second kappa shape index (κ2) is 6.02. The van der Waals surface area contributed by atoms with Gasteiger partial charge in [0, 0.05) is 7.05 Å². The zero-order valence-electron chi connectivity index (χ0n) is 9.50. The number of nitroso groups, excluding NO2 is 1. The summed E-state index contributed by atoms with van der Waals surface area (Å²) in [6, 6.07) is -0.964. The SMILES string of the molecule is CN(N=O)C(=O)N[C@H]1O[C@@H](CO)[C@@H](O)[C@@H](O)[C@@H]1O. The largest absolute Gasteiger partial charge is 0.394 e. The van der Waals surface area contributed by atoms with Gasteiger partial charge in [0.1, 0.15) is 24.4 Å². The van der Waals surface area contributed by atoms with Crippen LogP contribution in [0.4, 0.5) is 4.79 Å². The first-order chi connectivity index (χ1) is 8.42. The molecule has 0 aromatic heterocycles. The van der Waals surface area contributed by atoms with Crippen LogP contribution in [0.5, 0.6) is 0 Å². The minimum atomic E-state index is -1.60. The normalized spacial score (nSPS) is 35.9. The van der Waals surface area contributed by atoms with Gasteiger partial charge in [-0.3, -0.25) is 0 Å². The van der Waals surface area contributed by atoms with Crippen molar-refractivity contribution in [3.05, 3.63) is 4.91 Å². The lowest BCUT2D eigenvalue weighted by atomic mass is 9.98. The van der Waals surface area contributed by atoms with E-state index in [1.54, 1.807) is 0 Å². The molecular formula is C8H15N3O7. The Morgan fingerprint density at radius 2 is 1.94 bits per heavy atom. The van der Waals surface area contributed by atoms with Crippen LogP contribution in [0, 0.1) is 4.91 Å². The Morgan fingerprint density at radius 1 is 1.33 bits per heavy atom. The Bertz CT molecular complexity index is 313. The molecule has 10 heteroatoms. The predicted octanol–water partition coefficient (Wildman–Crippen LogP) is -2.89. The molecule has 0 aliphatic carbocycles. The molecule has 1 rings (SSSR count). The predicted molar refractivity (Wildman–Crippen MR) is 55.9 cm³/mol. The Morgan fingerprint density at radius 3 is 2.44 bits per heavy atom. The van der Waals surface area contributed by atoms with Gasteiger partial charge in [-0.15, -0.1) is 4.91 Å². The van der Waals surface area contributed by atoms with Crippen LogP contribution in [0.2, 0.25) is 0 Å². The van der Waals surface area contributed by atoms with E-state index in [4.69, 9.17) is 9.84 Å². The van der Waals surface area contributed by atoms with E-state index < -0.39 is 43.3 Å². The van der Waals surface area contributed by atoms with Crippen molar-refractivity contribution in [1.29, 1.82) is 0 Å². The molecule has 1 saturated heterocycles. The minimum absolute atomic E-state index is 0.418. The first-order valence-corrected chi connectivity index (χ1v) is 5.10. The van der Waals surface area contributed by atoms with Gasteiger partial charge in [0.2, 0.25) is 0 Å². The third-order valence-electron chi connectivity index (χ3n) is 2.57. The zero-order chi connectivity index (χ0) is 13.9. The van der Waals surface area contributed by atoms with E-state index in [1.165, 1.54) is 0 Å². The number of ether oxygens (including phenoxy) is 1. The number of aliphatic hydroxyl groups is 4. The van der Waals surface area contributed by atoms with Crippen molar-refractivity contribution in [3.63, 3.8) is 0 Å². The molecule has 10 nitrogen and oxygen atoms in total. The maximum Gasteiger partial charge on any atom is 0.342 e. The summed E-state index contributed by atoms with van der Waals surface area (Å²) in [6.45, 7) is -0.612. The van der Waals surface area contributed by atoms with Gasteiger partial charge in [-0.05, 0) is 0 Å². The molecular weight excluding hydrogens is 250 g/mol. The summed E-state index contributed by atoms with van der Waals surface area (Å²) in [5, 5.41) is 42.2. The monoisotopic (exact) mass is 265 g/mol. The number of urea groups is 1. The van der Waals surface area contributed by atoms with Crippen molar-refractivity contribution in [1.82, 2.24) is 10.3 Å². The summed E-state index contributed by atoms with van der Waals surface area (Å²) in [6.07, 6.45) is -7.23. The van der Waals surface area contributed by atoms with Gasteiger partial charge >= 0.3 is 6.03 Å². The summed E-state index contributed by atoms with van der Waals surface area (Å²) in [7, 11) is 1.08. The Kier molecular flexibility index (Phi) is 4.93. The van der Waals surface area contributed by atoms with Crippen molar-refractivity contribution in [3.8, 4) is 0 Å². The van der Waals surface area contributed by atoms with Crippen molar-refractivity contribution < 1.29 is 30.0 Å². The second-order valence-corrected chi connectivity index (χ2v) is 3.80. The first kappa shape index (κ1) is 14.7. The van der Waals surface area contributed by atoms with Crippen LogP contribution in [0.15, 0.2) is 5.29 Å². The molecule has 18 heavy (non-hydrogen) atoms. The fraction of sp³-hybridized carbons (Fsp3) is 0.875. The van der Waals surface area contributed by atoms with Gasteiger partial charge in [-0.2, -0.15) is 5.01 Å². The topological polar surface area (TPSA) is 152 Å². The first-order valence-electron chi connectivity index (χ1n) is 5.10. The fourth-order valence-electron chi connectivity index (χ4n) is 1.47. The Balaban J connectivity index is 2.70. The van der Waals surface area contributed by atoms with Crippen LogP contribution in [0.1, 0.15) is 0 Å². The quantitative estimate of drug-likeness (QED) is 0.271. The van der Waals surface area contributed by atoms with E-state index in [0.717, 1.165) is 7.05 Å². The molecule has 0 unspecified atom stereocenters. The van der Waals surface area contributed by atoms with Gasteiger partial charge in [0.25, 0.3) is 0 Å². The van der Waals surface area contributed by atoms with Crippen LogP contribution in [-0.4, -0.2) is 75.8 Å². The number of aliphatic hydroxyl groups excluding tert-OH is 4. The van der Waals surface area contributed by atoms with E-state index in [0.29, 0.717) is 5.01 Å². The molecule has 1 aliphatic heterocycles.